The summed E-state index contributed by atoms with van der Waals surface area (Å²) in [5, 5.41) is 0.204. The quantitative estimate of drug-likeness (QED) is 0.666. The minimum absolute atomic E-state index is 0.109. The molecule has 0 N–H and O–H groups in total. The highest BCUT2D eigenvalue weighted by atomic mass is 35.5. The Bertz CT molecular complexity index is 312. The third-order valence-electron chi connectivity index (χ3n) is 1.39. The van der Waals surface area contributed by atoms with E-state index >= 15 is 0 Å². The number of carbonyl (C=O) groups excluding carboxylic acids is 1. The summed E-state index contributed by atoms with van der Waals surface area (Å²) in [5.41, 5.74) is -0.109. The van der Waals surface area contributed by atoms with Crippen LogP contribution < -0.4 is 4.74 Å². The smallest absolute Gasteiger partial charge is 0.156 e. The molecule has 64 valence electrons. The van der Waals surface area contributed by atoms with Crippen molar-refractivity contribution in [3.63, 3.8) is 0 Å². The molecule has 0 amide bonds. The summed E-state index contributed by atoms with van der Waals surface area (Å²) in [6.07, 6.45) is 0.393. The highest BCUT2D eigenvalue weighted by Gasteiger charge is 2.09. The topological polar surface area (TPSA) is 26.3 Å². The van der Waals surface area contributed by atoms with E-state index < -0.39 is 5.82 Å². The molecule has 0 atom stereocenters. The Hall–Kier alpha value is -1.09. The highest BCUT2D eigenvalue weighted by Crippen LogP contribution is 2.24. The maximum absolute atomic E-state index is 12.9. The van der Waals surface area contributed by atoms with Gasteiger partial charge >= 0.3 is 0 Å². The second-order valence-electron chi connectivity index (χ2n) is 2.12. The summed E-state index contributed by atoms with van der Waals surface area (Å²) in [5.74, 6) is -0.524. The molecule has 1 rings (SSSR count). The molecule has 0 aliphatic carbocycles. The number of methoxy groups -OCH3 is 1. The zero-order valence-electron chi connectivity index (χ0n) is 6.30. The molecule has 0 heterocycles. The zero-order chi connectivity index (χ0) is 9.14. The van der Waals surface area contributed by atoms with Gasteiger partial charge in [0.05, 0.1) is 12.7 Å². The predicted molar refractivity (Wildman–Crippen MR) is 43.3 cm³/mol. The average Bonchev–Trinajstić information content (AvgIpc) is 2.03. The van der Waals surface area contributed by atoms with E-state index in [1.165, 1.54) is 13.2 Å². The van der Waals surface area contributed by atoms with Gasteiger partial charge in [-0.05, 0) is 12.1 Å². The van der Waals surface area contributed by atoms with Crippen molar-refractivity contribution >= 4 is 17.9 Å². The first-order chi connectivity index (χ1) is 5.69. The third kappa shape index (κ3) is 1.56. The number of rotatable bonds is 2. The van der Waals surface area contributed by atoms with Crippen molar-refractivity contribution in [2.45, 2.75) is 0 Å². The first-order valence-corrected chi connectivity index (χ1v) is 3.55. The minimum atomic E-state index is -0.672. The summed E-state index contributed by atoms with van der Waals surface area (Å²) in [7, 11) is 1.35. The zero-order valence-corrected chi connectivity index (χ0v) is 7.06. The molecular formula is C8H6ClFO2. The number of benzene rings is 1. The van der Waals surface area contributed by atoms with Crippen molar-refractivity contribution in [1.82, 2.24) is 0 Å². The molecule has 0 saturated heterocycles. The van der Waals surface area contributed by atoms with Gasteiger partial charge < -0.3 is 4.74 Å². The van der Waals surface area contributed by atoms with Crippen LogP contribution in [-0.2, 0) is 0 Å². The molecule has 0 unspecified atom stereocenters. The van der Waals surface area contributed by atoms with Crippen LogP contribution in [0.3, 0.4) is 0 Å². The number of aldehydes is 1. The van der Waals surface area contributed by atoms with Crippen LogP contribution >= 0.6 is 11.6 Å². The van der Waals surface area contributed by atoms with Gasteiger partial charge in [-0.1, -0.05) is 11.6 Å². The van der Waals surface area contributed by atoms with E-state index in [0.717, 1.165) is 6.07 Å². The van der Waals surface area contributed by atoms with Gasteiger partial charge in [-0.15, -0.1) is 0 Å². The van der Waals surface area contributed by atoms with E-state index in [2.05, 4.69) is 0 Å². The highest BCUT2D eigenvalue weighted by molar-refractivity contribution is 6.30. The third-order valence-corrected chi connectivity index (χ3v) is 1.61. The van der Waals surface area contributed by atoms with Gasteiger partial charge in [0.15, 0.2) is 6.29 Å². The Balaban J connectivity index is 3.33. The van der Waals surface area contributed by atoms with Gasteiger partial charge in [0.1, 0.15) is 11.6 Å². The fraction of sp³-hybridized carbons (Fsp3) is 0.125. The van der Waals surface area contributed by atoms with Crippen LogP contribution in [0.15, 0.2) is 12.1 Å². The molecule has 2 nitrogen and oxygen atoms in total. The van der Waals surface area contributed by atoms with Gasteiger partial charge in [0.25, 0.3) is 0 Å². The number of halogens is 2. The van der Waals surface area contributed by atoms with Crippen LogP contribution in [0.25, 0.3) is 0 Å². The van der Waals surface area contributed by atoms with Crippen LogP contribution in [0.4, 0.5) is 4.39 Å². The van der Waals surface area contributed by atoms with Crippen molar-refractivity contribution in [3.8, 4) is 5.75 Å². The molecule has 4 heteroatoms. The SMILES string of the molecule is COc1cc(Cl)cc(F)c1C=O. The Kier molecular flexibility index (Phi) is 2.65. The summed E-state index contributed by atoms with van der Waals surface area (Å²) in [4.78, 5) is 10.4. The molecule has 1 aromatic rings. The van der Waals surface area contributed by atoms with Gasteiger partial charge in [-0.3, -0.25) is 4.79 Å². The molecule has 0 radical (unpaired) electrons. The van der Waals surface area contributed by atoms with Crippen molar-refractivity contribution in [2.24, 2.45) is 0 Å². The Morgan fingerprint density at radius 3 is 2.75 bits per heavy atom. The maximum atomic E-state index is 12.9. The molecule has 0 aromatic heterocycles. The average molecular weight is 189 g/mol. The van der Waals surface area contributed by atoms with Gasteiger partial charge in [-0.25, -0.2) is 4.39 Å². The largest absolute Gasteiger partial charge is 0.496 e. The lowest BCUT2D eigenvalue weighted by Crippen LogP contribution is -1.94. The Morgan fingerprint density at radius 2 is 2.25 bits per heavy atom. The maximum Gasteiger partial charge on any atom is 0.156 e. The summed E-state index contributed by atoms with van der Waals surface area (Å²) in [6, 6.07) is 2.45. The molecule has 12 heavy (non-hydrogen) atoms. The molecule has 0 fully saturated rings. The molecule has 0 saturated carbocycles. The van der Waals surface area contributed by atoms with E-state index in [-0.39, 0.29) is 16.3 Å². The minimum Gasteiger partial charge on any atom is -0.496 e. The second-order valence-corrected chi connectivity index (χ2v) is 2.56. The molecule has 0 spiro atoms. The second kappa shape index (κ2) is 3.54. The van der Waals surface area contributed by atoms with E-state index in [1.54, 1.807) is 0 Å². The molecule has 0 aliphatic rings. The van der Waals surface area contributed by atoms with Gasteiger partial charge in [0.2, 0.25) is 0 Å². The van der Waals surface area contributed by atoms with Crippen molar-refractivity contribution < 1.29 is 13.9 Å². The van der Waals surface area contributed by atoms with Crippen molar-refractivity contribution in [3.05, 3.63) is 28.5 Å². The standard InChI is InChI=1S/C8H6ClFO2/c1-12-8-3-5(9)2-7(10)6(8)4-11/h2-4H,1H3. The monoisotopic (exact) mass is 188 g/mol. The van der Waals surface area contributed by atoms with Crippen LogP contribution in [0.2, 0.25) is 5.02 Å². The first kappa shape index (κ1) is 9.00. The van der Waals surface area contributed by atoms with Gasteiger partial charge in [0, 0.05) is 5.02 Å². The van der Waals surface area contributed by atoms with Crippen LogP contribution in [0.1, 0.15) is 10.4 Å². The first-order valence-electron chi connectivity index (χ1n) is 3.17. The summed E-state index contributed by atoms with van der Waals surface area (Å²) < 4.78 is 17.6. The summed E-state index contributed by atoms with van der Waals surface area (Å²) in [6.45, 7) is 0. The fourth-order valence-corrected chi connectivity index (χ4v) is 1.04. The van der Waals surface area contributed by atoms with Crippen LogP contribution in [0, 0.1) is 5.82 Å². The number of hydrogen-bond donors (Lipinski definition) is 0. The number of carbonyl (C=O) groups is 1. The van der Waals surface area contributed by atoms with Crippen LogP contribution in [-0.4, -0.2) is 13.4 Å². The van der Waals surface area contributed by atoms with E-state index in [9.17, 15) is 9.18 Å². The Morgan fingerprint density at radius 1 is 1.58 bits per heavy atom. The van der Waals surface area contributed by atoms with Crippen molar-refractivity contribution in [2.75, 3.05) is 7.11 Å². The lowest BCUT2D eigenvalue weighted by atomic mass is 10.2. The molecule has 0 aliphatic heterocycles. The molecule has 0 bridgehead atoms. The van der Waals surface area contributed by atoms with Gasteiger partial charge in [-0.2, -0.15) is 0 Å². The normalized spacial score (nSPS) is 9.58. The van der Waals surface area contributed by atoms with E-state index in [0.29, 0.717) is 6.29 Å². The lowest BCUT2D eigenvalue weighted by molar-refractivity contribution is 0.111. The number of hydrogen-bond acceptors (Lipinski definition) is 2. The lowest BCUT2D eigenvalue weighted by Gasteiger charge is -2.03. The number of ether oxygens (including phenoxy) is 1. The molecular weight excluding hydrogens is 183 g/mol. The van der Waals surface area contributed by atoms with Crippen LogP contribution in [0.5, 0.6) is 5.75 Å². The summed E-state index contributed by atoms with van der Waals surface area (Å²) >= 11 is 5.52. The van der Waals surface area contributed by atoms with E-state index in [4.69, 9.17) is 16.3 Å². The predicted octanol–water partition coefficient (Wildman–Crippen LogP) is 2.30. The van der Waals surface area contributed by atoms with Crippen molar-refractivity contribution in [1.29, 1.82) is 0 Å². The fourth-order valence-electron chi connectivity index (χ4n) is 0.844. The van der Waals surface area contributed by atoms with E-state index in [1.807, 2.05) is 0 Å². The Labute approximate surface area is 73.9 Å². The molecule has 1 aromatic carbocycles.